The van der Waals surface area contributed by atoms with E-state index in [1.54, 1.807) is 18.2 Å². The number of nitrogens with zero attached hydrogens (tertiary/aromatic N) is 2. The van der Waals surface area contributed by atoms with Crippen LogP contribution in [0.5, 0.6) is 0 Å². The second-order valence-electron chi connectivity index (χ2n) is 4.78. The Hall–Kier alpha value is -1.87. The third-order valence-corrected chi connectivity index (χ3v) is 4.35. The van der Waals surface area contributed by atoms with Crippen molar-refractivity contribution in [1.82, 2.24) is 0 Å². The normalized spacial score (nSPS) is 21.9. The van der Waals surface area contributed by atoms with Crippen molar-refractivity contribution in [3.63, 3.8) is 0 Å². The van der Waals surface area contributed by atoms with E-state index in [0.29, 0.717) is 18.6 Å². The van der Waals surface area contributed by atoms with Gasteiger partial charge in [0.2, 0.25) is 0 Å². The lowest BCUT2D eigenvalue weighted by Crippen LogP contribution is -2.08. The predicted octanol–water partition coefficient (Wildman–Crippen LogP) is 2.85. The third kappa shape index (κ3) is 3.81. The summed E-state index contributed by atoms with van der Waals surface area (Å²) in [5.74, 6) is -0.0979. The minimum absolute atomic E-state index is 0.0785. The minimum atomic E-state index is -3.87. The smallest absolute Gasteiger partial charge is 0.265 e. The lowest BCUT2D eigenvalue weighted by atomic mass is 10.0. The van der Waals surface area contributed by atoms with Crippen molar-refractivity contribution < 1.29 is 12.7 Å². The van der Waals surface area contributed by atoms with Gasteiger partial charge in [-0.2, -0.15) is 13.7 Å². The summed E-state index contributed by atoms with van der Waals surface area (Å²) in [6.45, 7) is 0. The molecule has 0 heterocycles. The van der Waals surface area contributed by atoms with Gasteiger partial charge in [-0.1, -0.05) is 29.8 Å². The van der Waals surface area contributed by atoms with Gasteiger partial charge in [0.05, 0.1) is 17.7 Å². The van der Waals surface area contributed by atoms with E-state index >= 15 is 0 Å². The highest BCUT2D eigenvalue weighted by atomic mass is 32.2. The minimum Gasteiger partial charge on any atom is -0.265 e. The maximum atomic E-state index is 11.9. The summed E-state index contributed by atoms with van der Waals surface area (Å²) in [5, 5.41) is 12.7. The molecule has 0 N–H and O–H groups in total. The lowest BCUT2D eigenvalue weighted by molar-refractivity contribution is 0.336. The summed E-state index contributed by atoms with van der Waals surface area (Å²) in [6, 6.07) is 10.1. The third-order valence-electron chi connectivity index (χ3n) is 3.23. The van der Waals surface area contributed by atoms with Crippen molar-refractivity contribution in [2.75, 3.05) is 0 Å². The number of nitriles is 1. The molecule has 106 valence electrons. The molecule has 0 spiro atoms. The molecular formula is C14H16N2O3S. The number of hydrogen-bond acceptors (Lipinski definition) is 5. The molecule has 0 amide bonds. The van der Waals surface area contributed by atoms with Crippen LogP contribution in [0.25, 0.3) is 0 Å². The van der Waals surface area contributed by atoms with Crippen LogP contribution in [0.4, 0.5) is 0 Å². The van der Waals surface area contributed by atoms with E-state index in [4.69, 9.17) is 9.55 Å². The first-order valence-electron chi connectivity index (χ1n) is 6.56. The highest BCUT2D eigenvalue weighted by Crippen LogP contribution is 2.21. The zero-order valence-electron chi connectivity index (χ0n) is 11.0. The zero-order chi connectivity index (χ0) is 14.4. The molecule has 1 aromatic carbocycles. The van der Waals surface area contributed by atoms with Crippen LogP contribution < -0.4 is 0 Å². The SMILES string of the molecule is N#CC1CCCC/C(=N\OS(=O)(=O)c2ccccc2)C1. The van der Waals surface area contributed by atoms with Crippen molar-refractivity contribution in [2.24, 2.45) is 11.1 Å². The molecule has 1 aliphatic rings. The van der Waals surface area contributed by atoms with Crippen LogP contribution in [0.2, 0.25) is 0 Å². The lowest BCUT2D eigenvalue weighted by Gasteiger charge is -2.05. The van der Waals surface area contributed by atoms with Gasteiger partial charge in [0, 0.05) is 6.42 Å². The van der Waals surface area contributed by atoms with Crippen LogP contribution >= 0.6 is 0 Å². The maximum Gasteiger partial charge on any atom is 0.358 e. The van der Waals surface area contributed by atoms with Crippen LogP contribution in [-0.4, -0.2) is 14.1 Å². The summed E-state index contributed by atoms with van der Waals surface area (Å²) in [5.41, 5.74) is 0.647. The first-order chi connectivity index (χ1) is 9.62. The Bertz CT molecular complexity index is 618. The highest BCUT2D eigenvalue weighted by Gasteiger charge is 2.19. The highest BCUT2D eigenvalue weighted by molar-refractivity contribution is 7.86. The molecule has 5 nitrogen and oxygen atoms in total. The second kappa shape index (κ2) is 6.53. The first-order valence-corrected chi connectivity index (χ1v) is 7.97. The van der Waals surface area contributed by atoms with Crippen molar-refractivity contribution in [2.45, 2.75) is 37.0 Å². The van der Waals surface area contributed by atoms with E-state index in [1.807, 2.05) is 0 Å². The topological polar surface area (TPSA) is 79.5 Å². The monoisotopic (exact) mass is 292 g/mol. The van der Waals surface area contributed by atoms with Crippen LogP contribution in [0, 0.1) is 17.2 Å². The van der Waals surface area contributed by atoms with E-state index in [2.05, 4.69) is 11.2 Å². The fraction of sp³-hybridized carbons (Fsp3) is 0.429. The Morgan fingerprint density at radius 2 is 2.00 bits per heavy atom. The summed E-state index contributed by atoms with van der Waals surface area (Å²) in [4.78, 5) is 0.0785. The molecule has 0 radical (unpaired) electrons. The average molecular weight is 292 g/mol. The fourth-order valence-electron chi connectivity index (χ4n) is 2.13. The number of rotatable bonds is 3. The molecule has 0 aromatic heterocycles. The van der Waals surface area contributed by atoms with Gasteiger partial charge in [0.15, 0.2) is 0 Å². The number of oxime groups is 1. The van der Waals surface area contributed by atoms with E-state index in [-0.39, 0.29) is 10.8 Å². The van der Waals surface area contributed by atoms with Gasteiger partial charge in [-0.25, -0.2) is 0 Å². The molecule has 0 aliphatic heterocycles. The van der Waals surface area contributed by atoms with Crippen LogP contribution in [-0.2, 0) is 14.4 Å². The summed E-state index contributed by atoms with van der Waals surface area (Å²) >= 11 is 0. The molecule has 20 heavy (non-hydrogen) atoms. The number of benzene rings is 1. The molecule has 1 atom stereocenters. The summed E-state index contributed by atoms with van der Waals surface area (Å²) in [7, 11) is -3.87. The van der Waals surface area contributed by atoms with E-state index in [1.165, 1.54) is 12.1 Å². The Balaban J connectivity index is 2.10. The molecule has 1 unspecified atom stereocenters. The van der Waals surface area contributed by atoms with Gasteiger partial charge in [0.1, 0.15) is 4.90 Å². The molecule has 1 fully saturated rings. The molecule has 0 bridgehead atoms. The quantitative estimate of drug-likeness (QED) is 0.633. The molecule has 1 aliphatic carbocycles. The average Bonchev–Trinajstić information content (AvgIpc) is 2.71. The van der Waals surface area contributed by atoms with Crippen LogP contribution in [0.1, 0.15) is 32.1 Å². The first kappa shape index (κ1) is 14.5. The van der Waals surface area contributed by atoms with Gasteiger partial charge in [0.25, 0.3) is 0 Å². The van der Waals surface area contributed by atoms with Gasteiger partial charge in [-0.3, -0.25) is 4.28 Å². The van der Waals surface area contributed by atoms with E-state index < -0.39 is 10.1 Å². The van der Waals surface area contributed by atoms with Crippen molar-refractivity contribution in [3.05, 3.63) is 30.3 Å². The summed E-state index contributed by atoms with van der Waals surface area (Å²) in [6.07, 6.45) is 3.87. The van der Waals surface area contributed by atoms with Crippen molar-refractivity contribution >= 4 is 15.8 Å². The molecule has 1 aromatic rings. The van der Waals surface area contributed by atoms with Gasteiger partial charge in [-0.05, 0) is 31.4 Å². The molecule has 1 saturated carbocycles. The zero-order valence-corrected chi connectivity index (χ0v) is 11.8. The predicted molar refractivity (Wildman–Crippen MR) is 74.3 cm³/mol. The van der Waals surface area contributed by atoms with Crippen molar-refractivity contribution in [1.29, 1.82) is 5.26 Å². The van der Waals surface area contributed by atoms with Gasteiger partial charge in [-0.15, -0.1) is 0 Å². The molecular weight excluding hydrogens is 276 g/mol. The van der Waals surface area contributed by atoms with Crippen molar-refractivity contribution in [3.8, 4) is 6.07 Å². The number of hydrogen-bond donors (Lipinski definition) is 0. The Labute approximate surface area is 119 Å². The van der Waals surface area contributed by atoms with Gasteiger partial charge < -0.3 is 0 Å². The Morgan fingerprint density at radius 3 is 2.70 bits per heavy atom. The standard InChI is InChI=1S/C14H16N2O3S/c15-11-12-6-4-5-7-13(10-12)16-19-20(17,18)14-8-2-1-3-9-14/h1-3,8-9,12H,4-7,10H2/b16-13+. The van der Waals surface area contributed by atoms with Crippen LogP contribution in [0.3, 0.4) is 0 Å². The molecule has 2 rings (SSSR count). The molecule has 0 saturated heterocycles. The Morgan fingerprint density at radius 1 is 1.25 bits per heavy atom. The maximum absolute atomic E-state index is 11.9. The summed E-state index contributed by atoms with van der Waals surface area (Å²) < 4.78 is 28.6. The largest absolute Gasteiger partial charge is 0.358 e. The van der Waals surface area contributed by atoms with Crippen LogP contribution in [0.15, 0.2) is 40.4 Å². The van der Waals surface area contributed by atoms with Gasteiger partial charge >= 0.3 is 10.1 Å². The second-order valence-corrected chi connectivity index (χ2v) is 6.30. The van der Waals surface area contributed by atoms with E-state index in [0.717, 1.165) is 19.3 Å². The van der Waals surface area contributed by atoms with E-state index in [9.17, 15) is 8.42 Å². The fourth-order valence-corrected chi connectivity index (χ4v) is 2.91. The molecule has 6 heteroatoms. The Kier molecular flexibility index (Phi) is 4.74.